The average molecular weight is 508 g/mol. The van der Waals surface area contributed by atoms with Crippen LogP contribution in [0.3, 0.4) is 0 Å². The lowest BCUT2D eigenvalue weighted by Gasteiger charge is -2.40. The molecule has 3 aromatic rings. The molecule has 3 aliphatic rings. The molecule has 194 valence electrons. The number of carbonyl (C=O) groups is 1. The second-order valence-electron chi connectivity index (χ2n) is 9.81. The van der Waals surface area contributed by atoms with Crippen LogP contribution in [0.1, 0.15) is 34.8 Å². The smallest absolute Gasteiger partial charge is 0.255 e. The van der Waals surface area contributed by atoms with Crippen LogP contribution in [0.4, 0.5) is 15.8 Å². The van der Waals surface area contributed by atoms with Gasteiger partial charge in [-0.05, 0) is 38.1 Å². The first-order chi connectivity index (χ1) is 18.0. The molecule has 6 rings (SSSR count). The lowest BCUT2D eigenvalue weighted by molar-refractivity contribution is -0.0403. The molecule has 0 spiro atoms. The summed E-state index contributed by atoms with van der Waals surface area (Å²) in [7, 11) is 3.48. The summed E-state index contributed by atoms with van der Waals surface area (Å²) in [6.45, 7) is 2.71. The molecule has 0 unspecified atom stereocenters. The summed E-state index contributed by atoms with van der Waals surface area (Å²) in [5, 5.41) is 6.42. The van der Waals surface area contributed by atoms with Crippen molar-refractivity contribution >= 4 is 17.3 Å². The van der Waals surface area contributed by atoms with Crippen molar-refractivity contribution < 1.29 is 23.4 Å². The lowest BCUT2D eigenvalue weighted by atomic mass is 9.74. The van der Waals surface area contributed by atoms with Gasteiger partial charge in [0.05, 0.1) is 42.5 Å². The maximum Gasteiger partial charge on any atom is 0.255 e. The number of amides is 1. The number of carbonyl (C=O) groups excluding carboxylic acids is 1. The van der Waals surface area contributed by atoms with Crippen LogP contribution in [-0.4, -0.2) is 73.4 Å². The van der Waals surface area contributed by atoms with Gasteiger partial charge in [0.15, 0.2) is 11.6 Å². The van der Waals surface area contributed by atoms with E-state index in [1.807, 2.05) is 6.07 Å². The Hall–Kier alpha value is -3.63. The molecule has 1 aliphatic carbocycles. The first-order valence-corrected chi connectivity index (χ1v) is 12.6. The van der Waals surface area contributed by atoms with Crippen molar-refractivity contribution in [1.29, 1.82) is 0 Å². The normalized spacial score (nSPS) is 22.9. The van der Waals surface area contributed by atoms with Gasteiger partial charge in [0, 0.05) is 42.5 Å². The highest BCUT2D eigenvalue weighted by molar-refractivity contribution is 6.07. The van der Waals surface area contributed by atoms with Gasteiger partial charge in [0.25, 0.3) is 5.91 Å². The van der Waals surface area contributed by atoms with Crippen LogP contribution in [0, 0.1) is 5.82 Å². The number of pyridine rings is 1. The van der Waals surface area contributed by atoms with E-state index in [-0.39, 0.29) is 29.7 Å². The predicted molar refractivity (Wildman–Crippen MR) is 136 cm³/mol. The van der Waals surface area contributed by atoms with Crippen LogP contribution in [0.25, 0.3) is 11.3 Å². The molecule has 3 atom stereocenters. The number of fused-ring (bicyclic) bond motifs is 3. The number of aromatic nitrogens is 2. The quantitative estimate of drug-likeness (QED) is 0.449. The first kappa shape index (κ1) is 23.7. The largest absolute Gasteiger partial charge is 0.492 e. The lowest BCUT2D eigenvalue weighted by Crippen LogP contribution is -2.49. The molecule has 0 bridgehead atoms. The van der Waals surface area contributed by atoms with E-state index in [0.29, 0.717) is 41.6 Å². The number of hydrogen-bond donors (Lipinski definition) is 3. The Labute approximate surface area is 214 Å². The van der Waals surface area contributed by atoms with Gasteiger partial charge in [0.2, 0.25) is 0 Å². The van der Waals surface area contributed by atoms with Crippen LogP contribution < -0.4 is 20.1 Å². The summed E-state index contributed by atoms with van der Waals surface area (Å²) in [6.07, 6.45) is 5.22. The van der Waals surface area contributed by atoms with Crippen LogP contribution in [0.5, 0.6) is 11.5 Å². The van der Waals surface area contributed by atoms with Crippen molar-refractivity contribution in [3.63, 3.8) is 0 Å². The second kappa shape index (κ2) is 9.68. The highest BCUT2D eigenvalue weighted by atomic mass is 19.1. The van der Waals surface area contributed by atoms with Gasteiger partial charge in [-0.3, -0.25) is 9.78 Å². The zero-order valence-corrected chi connectivity index (χ0v) is 20.8. The Balaban J connectivity index is 1.41. The molecule has 4 heterocycles. The number of morpholine rings is 1. The number of halogens is 1. The van der Waals surface area contributed by atoms with Crippen molar-refractivity contribution in [3.8, 4) is 22.8 Å². The van der Waals surface area contributed by atoms with E-state index in [1.54, 1.807) is 24.5 Å². The van der Waals surface area contributed by atoms with Crippen molar-refractivity contribution in [2.45, 2.75) is 30.9 Å². The number of aromatic amines is 1. The summed E-state index contributed by atoms with van der Waals surface area (Å²) >= 11 is 0. The van der Waals surface area contributed by atoms with Crippen molar-refractivity contribution in [1.82, 2.24) is 20.2 Å². The minimum Gasteiger partial charge on any atom is -0.492 e. The number of benzene rings is 1. The molecule has 37 heavy (non-hydrogen) atoms. The summed E-state index contributed by atoms with van der Waals surface area (Å²) < 4.78 is 31.9. The number of para-hydroxylation sites is 1. The van der Waals surface area contributed by atoms with Crippen LogP contribution in [0.2, 0.25) is 0 Å². The van der Waals surface area contributed by atoms with Crippen molar-refractivity contribution in [2.24, 2.45) is 0 Å². The maximum atomic E-state index is 14.5. The van der Waals surface area contributed by atoms with E-state index in [0.717, 1.165) is 37.2 Å². The summed E-state index contributed by atoms with van der Waals surface area (Å²) in [5.41, 5.74) is 3.80. The Morgan fingerprint density at radius 2 is 2.19 bits per heavy atom. The number of likely N-dealkylation sites (N-methyl/N-ethyl adjacent to an activating group) is 1. The van der Waals surface area contributed by atoms with Crippen LogP contribution in [0.15, 0.2) is 36.7 Å². The minimum atomic E-state index is -0.493. The van der Waals surface area contributed by atoms with E-state index < -0.39 is 5.82 Å². The predicted octanol–water partition coefficient (Wildman–Crippen LogP) is 3.67. The Morgan fingerprint density at radius 3 is 2.97 bits per heavy atom. The van der Waals surface area contributed by atoms with Crippen molar-refractivity contribution in [3.05, 3.63) is 53.7 Å². The van der Waals surface area contributed by atoms with Gasteiger partial charge < -0.3 is 34.7 Å². The zero-order chi connectivity index (χ0) is 25.5. The van der Waals surface area contributed by atoms with E-state index in [9.17, 15) is 9.18 Å². The summed E-state index contributed by atoms with van der Waals surface area (Å²) in [6, 6.07) is 6.63. The van der Waals surface area contributed by atoms with E-state index in [1.165, 1.54) is 13.2 Å². The topological polar surface area (TPSA) is 101 Å². The highest BCUT2D eigenvalue weighted by Gasteiger charge is 2.43. The van der Waals surface area contributed by atoms with Crippen molar-refractivity contribution in [2.75, 3.05) is 45.8 Å². The number of methoxy groups -OCH3 is 1. The van der Waals surface area contributed by atoms with E-state index in [2.05, 4.69) is 32.5 Å². The zero-order valence-electron chi connectivity index (χ0n) is 20.8. The third-order valence-corrected chi connectivity index (χ3v) is 7.47. The molecule has 1 amide bonds. The van der Waals surface area contributed by atoms with Gasteiger partial charge in [-0.15, -0.1) is 0 Å². The third kappa shape index (κ3) is 4.30. The number of nitrogens with one attached hydrogen (secondary N) is 3. The SMILES string of the molecule is COc1c(F)cccc1Nc1c(-c2ccncc2OC[C@@H]2CN(C)CCO2)[nH]c2c1C(=O)N[C@@H]1CC[C@H]21. The van der Waals surface area contributed by atoms with E-state index >= 15 is 0 Å². The molecule has 1 aromatic carbocycles. The van der Waals surface area contributed by atoms with Crippen LogP contribution in [-0.2, 0) is 4.74 Å². The number of H-pyrrole nitrogens is 1. The van der Waals surface area contributed by atoms with E-state index in [4.69, 9.17) is 14.2 Å². The molecule has 3 N–H and O–H groups in total. The first-order valence-electron chi connectivity index (χ1n) is 12.6. The number of hydrogen-bond acceptors (Lipinski definition) is 7. The summed E-state index contributed by atoms with van der Waals surface area (Å²) in [5.74, 6) is 0.191. The average Bonchev–Trinajstić information content (AvgIpc) is 3.23. The molecule has 2 aliphatic heterocycles. The minimum absolute atomic E-state index is 0.0562. The third-order valence-electron chi connectivity index (χ3n) is 7.47. The monoisotopic (exact) mass is 507 g/mol. The Morgan fingerprint density at radius 1 is 1.30 bits per heavy atom. The number of rotatable bonds is 7. The highest BCUT2D eigenvalue weighted by Crippen LogP contribution is 2.48. The van der Waals surface area contributed by atoms with Gasteiger partial charge in [-0.1, -0.05) is 6.07 Å². The molecule has 1 saturated carbocycles. The van der Waals surface area contributed by atoms with Gasteiger partial charge in [-0.25, -0.2) is 4.39 Å². The Kier molecular flexibility index (Phi) is 6.21. The maximum absolute atomic E-state index is 14.5. The number of anilines is 2. The molecule has 2 fully saturated rings. The fourth-order valence-corrected chi connectivity index (χ4v) is 5.42. The number of ether oxygens (including phenoxy) is 3. The molecule has 1 saturated heterocycles. The summed E-state index contributed by atoms with van der Waals surface area (Å²) in [4.78, 5) is 23.3. The fourth-order valence-electron chi connectivity index (χ4n) is 5.42. The van der Waals surface area contributed by atoms with Crippen LogP contribution >= 0.6 is 0 Å². The van der Waals surface area contributed by atoms with Gasteiger partial charge in [-0.2, -0.15) is 0 Å². The van der Waals surface area contributed by atoms with Gasteiger partial charge in [0.1, 0.15) is 18.5 Å². The molecular formula is C27H30FN5O4. The molecule has 2 aromatic heterocycles. The number of nitrogens with zero attached hydrogens (tertiary/aromatic N) is 2. The van der Waals surface area contributed by atoms with Gasteiger partial charge >= 0.3 is 0 Å². The molecule has 0 radical (unpaired) electrons. The molecule has 9 nitrogen and oxygen atoms in total. The Bertz CT molecular complexity index is 1330. The fraction of sp³-hybridized carbons (Fsp3) is 0.407. The molecule has 10 heteroatoms. The second-order valence-corrected chi connectivity index (χ2v) is 9.81. The standard InChI is InChI=1S/C27H30FN5O4/c1-33-10-11-36-15(13-33)14-37-21-12-29-9-8-17(21)24-25(30-20-5-3-4-18(28)26(20)35-2)22-23(32-24)16-6-7-19(16)31-27(22)34/h3-5,8-9,12,15-16,19,30,32H,6-7,10-11,13-14H2,1-2H3,(H,31,34)/t15-,16-,19+/m0/s1. The molecular weight excluding hydrogens is 477 g/mol.